The van der Waals surface area contributed by atoms with Gasteiger partial charge in [0.15, 0.2) is 11.5 Å². The maximum atomic E-state index is 5.97. The normalized spacial score (nSPS) is 11.4. The van der Waals surface area contributed by atoms with Gasteiger partial charge in [-0.3, -0.25) is 0 Å². The fourth-order valence-electron chi connectivity index (χ4n) is 2.18. The van der Waals surface area contributed by atoms with Crippen molar-refractivity contribution in [3.63, 3.8) is 0 Å². The number of rotatable bonds is 2. The molecule has 3 rings (SSSR count). The third-order valence-corrected chi connectivity index (χ3v) is 3.76. The average molecular weight is 331 g/mol. The summed E-state index contributed by atoms with van der Waals surface area (Å²) in [4.78, 5) is 4.41. The second-order valence-electron chi connectivity index (χ2n) is 5.07. The Bertz CT molecular complexity index is 759. The van der Waals surface area contributed by atoms with Crippen LogP contribution < -0.4 is 5.73 Å². The van der Waals surface area contributed by atoms with Crippen molar-refractivity contribution in [1.82, 2.24) is 14.8 Å². The SMILES string of the molecule is CC(C)c1ccc(-n2nc(N)c3cc(Br)cnc32)cc1. The van der Waals surface area contributed by atoms with Gasteiger partial charge in [-0.15, -0.1) is 5.10 Å². The fourth-order valence-corrected chi connectivity index (χ4v) is 2.51. The molecule has 0 bridgehead atoms. The highest BCUT2D eigenvalue weighted by Crippen LogP contribution is 2.25. The van der Waals surface area contributed by atoms with Crippen LogP contribution in [0.1, 0.15) is 25.3 Å². The van der Waals surface area contributed by atoms with E-state index >= 15 is 0 Å². The Balaban J connectivity index is 2.14. The minimum Gasteiger partial charge on any atom is -0.382 e. The predicted octanol–water partition coefficient (Wildman–Crippen LogP) is 3.89. The summed E-state index contributed by atoms with van der Waals surface area (Å²) < 4.78 is 2.67. The number of aromatic nitrogens is 3. The summed E-state index contributed by atoms with van der Waals surface area (Å²) in [5.41, 5.74) is 9.00. The lowest BCUT2D eigenvalue weighted by Crippen LogP contribution is -1.99. The van der Waals surface area contributed by atoms with Gasteiger partial charge < -0.3 is 5.73 Å². The molecule has 0 saturated carbocycles. The molecule has 0 radical (unpaired) electrons. The van der Waals surface area contributed by atoms with Crippen LogP contribution >= 0.6 is 15.9 Å². The Morgan fingerprint density at radius 1 is 1.20 bits per heavy atom. The van der Waals surface area contributed by atoms with Crippen molar-refractivity contribution in [2.24, 2.45) is 0 Å². The molecule has 4 nitrogen and oxygen atoms in total. The van der Waals surface area contributed by atoms with Gasteiger partial charge in [0.05, 0.1) is 11.1 Å². The van der Waals surface area contributed by atoms with Gasteiger partial charge in [0.1, 0.15) is 0 Å². The van der Waals surface area contributed by atoms with E-state index in [0.29, 0.717) is 11.7 Å². The van der Waals surface area contributed by atoms with Gasteiger partial charge >= 0.3 is 0 Å². The van der Waals surface area contributed by atoms with Crippen molar-refractivity contribution in [3.8, 4) is 5.69 Å². The van der Waals surface area contributed by atoms with Gasteiger partial charge in [0.2, 0.25) is 0 Å². The zero-order valence-corrected chi connectivity index (χ0v) is 12.9. The number of anilines is 1. The van der Waals surface area contributed by atoms with Crippen LogP contribution in [0.4, 0.5) is 5.82 Å². The van der Waals surface area contributed by atoms with Gasteiger partial charge in [-0.2, -0.15) is 0 Å². The van der Waals surface area contributed by atoms with Crippen LogP contribution in [0.25, 0.3) is 16.7 Å². The molecule has 0 atom stereocenters. The van der Waals surface area contributed by atoms with Gasteiger partial charge in [0.25, 0.3) is 0 Å². The summed E-state index contributed by atoms with van der Waals surface area (Å²) in [6.45, 7) is 4.35. The van der Waals surface area contributed by atoms with Crippen LogP contribution in [0, 0.1) is 0 Å². The van der Waals surface area contributed by atoms with Crippen molar-refractivity contribution in [3.05, 3.63) is 46.6 Å². The molecule has 5 heteroatoms. The van der Waals surface area contributed by atoms with E-state index in [1.807, 2.05) is 18.2 Å². The Morgan fingerprint density at radius 2 is 1.90 bits per heavy atom. The Labute approximate surface area is 125 Å². The summed E-state index contributed by atoms with van der Waals surface area (Å²) in [6.07, 6.45) is 1.75. The molecule has 1 aromatic carbocycles. The quantitative estimate of drug-likeness (QED) is 0.775. The number of fused-ring (bicyclic) bond motifs is 1. The molecule has 2 aromatic heterocycles. The molecule has 0 aliphatic rings. The van der Waals surface area contributed by atoms with Crippen molar-refractivity contribution < 1.29 is 0 Å². The second kappa shape index (κ2) is 4.90. The number of hydrogen-bond acceptors (Lipinski definition) is 3. The first-order valence-corrected chi connectivity index (χ1v) is 7.25. The van der Waals surface area contributed by atoms with E-state index in [0.717, 1.165) is 21.2 Å². The molecule has 2 heterocycles. The summed E-state index contributed by atoms with van der Waals surface area (Å²) in [7, 11) is 0. The summed E-state index contributed by atoms with van der Waals surface area (Å²) in [6, 6.07) is 10.3. The van der Waals surface area contributed by atoms with Gasteiger partial charge in [0, 0.05) is 10.7 Å². The van der Waals surface area contributed by atoms with Crippen LogP contribution in [0.15, 0.2) is 41.0 Å². The molecule has 0 aliphatic carbocycles. The Morgan fingerprint density at radius 3 is 2.55 bits per heavy atom. The van der Waals surface area contributed by atoms with Gasteiger partial charge in [-0.1, -0.05) is 26.0 Å². The second-order valence-corrected chi connectivity index (χ2v) is 5.98. The molecule has 0 unspecified atom stereocenters. The van der Waals surface area contributed by atoms with E-state index < -0.39 is 0 Å². The first-order chi connectivity index (χ1) is 9.56. The number of benzene rings is 1. The number of nitrogens with two attached hydrogens (primary N) is 1. The fraction of sp³-hybridized carbons (Fsp3) is 0.200. The number of pyridine rings is 1. The predicted molar refractivity (Wildman–Crippen MR) is 85.1 cm³/mol. The highest BCUT2D eigenvalue weighted by atomic mass is 79.9. The first-order valence-electron chi connectivity index (χ1n) is 6.46. The molecule has 0 saturated heterocycles. The minimum absolute atomic E-state index is 0.488. The van der Waals surface area contributed by atoms with Gasteiger partial charge in [-0.25, -0.2) is 9.67 Å². The highest BCUT2D eigenvalue weighted by molar-refractivity contribution is 9.10. The molecule has 2 N–H and O–H groups in total. The van der Waals surface area contributed by atoms with Crippen molar-refractivity contribution >= 4 is 32.8 Å². The molecule has 0 spiro atoms. The molecule has 3 aromatic rings. The zero-order chi connectivity index (χ0) is 14.3. The zero-order valence-electron chi connectivity index (χ0n) is 11.3. The number of halogens is 1. The third kappa shape index (κ3) is 2.18. The number of nitrogens with zero attached hydrogens (tertiary/aromatic N) is 3. The van der Waals surface area contributed by atoms with E-state index in [-0.39, 0.29) is 0 Å². The Kier molecular flexibility index (Phi) is 3.22. The number of nitrogen functional groups attached to an aromatic ring is 1. The largest absolute Gasteiger partial charge is 0.382 e. The van der Waals surface area contributed by atoms with E-state index in [9.17, 15) is 0 Å². The van der Waals surface area contributed by atoms with Gasteiger partial charge in [-0.05, 0) is 45.6 Å². The van der Waals surface area contributed by atoms with E-state index in [1.54, 1.807) is 10.9 Å². The van der Waals surface area contributed by atoms with E-state index in [4.69, 9.17) is 5.73 Å². The van der Waals surface area contributed by atoms with E-state index in [2.05, 4.69) is 52.0 Å². The third-order valence-electron chi connectivity index (χ3n) is 3.32. The molecule has 0 amide bonds. The molecule has 0 fully saturated rings. The smallest absolute Gasteiger partial charge is 0.165 e. The molecular weight excluding hydrogens is 316 g/mol. The van der Waals surface area contributed by atoms with Crippen LogP contribution in [0.3, 0.4) is 0 Å². The van der Waals surface area contributed by atoms with Crippen LogP contribution in [0.2, 0.25) is 0 Å². The molecular formula is C15H15BrN4. The average Bonchev–Trinajstić information content (AvgIpc) is 2.76. The van der Waals surface area contributed by atoms with Crippen LogP contribution in [-0.2, 0) is 0 Å². The maximum Gasteiger partial charge on any atom is 0.165 e. The number of hydrogen-bond donors (Lipinski definition) is 1. The highest BCUT2D eigenvalue weighted by Gasteiger charge is 2.11. The van der Waals surface area contributed by atoms with E-state index in [1.165, 1.54) is 5.56 Å². The summed E-state index contributed by atoms with van der Waals surface area (Å²) >= 11 is 3.40. The monoisotopic (exact) mass is 330 g/mol. The standard InChI is InChI=1S/C15H15BrN4/c1-9(2)10-3-5-12(6-4-10)20-15-13(14(17)19-20)7-11(16)8-18-15/h3-9H,1-2H3,(H2,17,19). The molecule has 0 aliphatic heterocycles. The van der Waals surface area contributed by atoms with Crippen molar-refractivity contribution in [1.29, 1.82) is 0 Å². The van der Waals surface area contributed by atoms with Crippen LogP contribution in [0.5, 0.6) is 0 Å². The Hall–Kier alpha value is -1.88. The molecule has 102 valence electrons. The lowest BCUT2D eigenvalue weighted by atomic mass is 10.0. The van der Waals surface area contributed by atoms with Crippen molar-refractivity contribution in [2.75, 3.05) is 5.73 Å². The minimum atomic E-state index is 0.488. The lowest BCUT2D eigenvalue weighted by molar-refractivity contribution is 0.859. The summed E-state index contributed by atoms with van der Waals surface area (Å²) in [5, 5.41) is 5.24. The first kappa shape index (κ1) is 13.1. The topological polar surface area (TPSA) is 56.7 Å². The maximum absolute atomic E-state index is 5.97. The summed E-state index contributed by atoms with van der Waals surface area (Å²) in [5.74, 6) is 0.999. The van der Waals surface area contributed by atoms with Crippen LogP contribution in [-0.4, -0.2) is 14.8 Å². The van der Waals surface area contributed by atoms with Crippen molar-refractivity contribution in [2.45, 2.75) is 19.8 Å². The molecule has 20 heavy (non-hydrogen) atoms. The lowest BCUT2D eigenvalue weighted by Gasteiger charge is -2.07.